The Bertz CT molecular complexity index is 719. The van der Waals surface area contributed by atoms with E-state index < -0.39 is 17.7 Å². The molecule has 0 spiro atoms. The summed E-state index contributed by atoms with van der Waals surface area (Å²) in [7, 11) is 1.24. The summed E-state index contributed by atoms with van der Waals surface area (Å²) in [5.41, 5.74) is 0.892. The second-order valence-corrected chi connectivity index (χ2v) is 4.82. The molecule has 0 aliphatic rings. The number of carbonyl (C=O) groups excluding carboxylic acids is 2. The molecule has 0 bridgehead atoms. The Morgan fingerprint density at radius 1 is 1.13 bits per heavy atom. The highest BCUT2D eigenvalue weighted by Crippen LogP contribution is 2.32. The van der Waals surface area contributed by atoms with Crippen LogP contribution in [-0.2, 0) is 22.1 Å². The Kier molecular flexibility index (Phi) is 4.83. The van der Waals surface area contributed by atoms with Crippen molar-refractivity contribution in [3.63, 3.8) is 0 Å². The van der Waals surface area contributed by atoms with Gasteiger partial charge in [-0.3, -0.25) is 9.59 Å². The number of hydrogen-bond donors (Lipinski definition) is 0. The second-order valence-electron chi connectivity index (χ2n) is 4.82. The van der Waals surface area contributed by atoms with Crippen LogP contribution in [0.25, 0.3) is 11.1 Å². The van der Waals surface area contributed by atoms with Gasteiger partial charge in [-0.1, -0.05) is 30.3 Å². The zero-order chi connectivity index (χ0) is 17.0. The average Bonchev–Trinajstić information content (AvgIpc) is 2.53. The van der Waals surface area contributed by atoms with Gasteiger partial charge >= 0.3 is 12.1 Å². The number of alkyl halides is 3. The summed E-state index contributed by atoms with van der Waals surface area (Å²) in [6.07, 6.45) is -3.91. The van der Waals surface area contributed by atoms with Gasteiger partial charge < -0.3 is 4.74 Å². The van der Waals surface area contributed by atoms with Crippen molar-refractivity contribution in [2.75, 3.05) is 7.11 Å². The Labute approximate surface area is 130 Å². The number of rotatable bonds is 4. The minimum absolute atomic E-state index is 0.0843. The molecule has 0 saturated heterocycles. The van der Waals surface area contributed by atoms with Crippen LogP contribution in [0.4, 0.5) is 13.2 Å². The van der Waals surface area contributed by atoms with Gasteiger partial charge in [-0.05, 0) is 28.8 Å². The highest BCUT2D eigenvalue weighted by Gasteiger charge is 2.30. The summed E-state index contributed by atoms with van der Waals surface area (Å²) < 4.78 is 42.4. The molecule has 120 valence electrons. The largest absolute Gasteiger partial charge is 0.469 e. The quantitative estimate of drug-likeness (QED) is 0.633. The minimum atomic E-state index is -4.42. The molecule has 0 amide bonds. The summed E-state index contributed by atoms with van der Waals surface area (Å²) in [5.74, 6) is -0.502. The van der Waals surface area contributed by atoms with Crippen LogP contribution in [0.2, 0.25) is 0 Å². The zero-order valence-electron chi connectivity index (χ0n) is 12.2. The van der Waals surface area contributed by atoms with Gasteiger partial charge in [0.15, 0.2) is 6.29 Å². The fourth-order valence-electron chi connectivity index (χ4n) is 2.22. The summed E-state index contributed by atoms with van der Waals surface area (Å²) in [6.45, 7) is 0. The van der Waals surface area contributed by atoms with E-state index in [1.54, 1.807) is 18.2 Å². The Hall–Kier alpha value is -2.63. The molecule has 0 aliphatic heterocycles. The second kappa shape index (κ2) is 6.64. The van der Waals surface area contributed by atoms with E-state index in [2.05, 4.69) is 4.74 Å². The highest BCUT2D eigenvalue weighted by molar-refractivity contribution is 5.91. The van der Waals surface area contributed by atoms with Crippen LogP contribution in [0, 0.1) is 0 Å². The summed E-state index contributed by atoms with van der Waals surface area (Å²) in [5, 5.41) is 0. The van der Waals surface area contributed by atoms with E-state index in [0.29, 0.717) is 23.0 Å². The molecule has 0 unspecified atom stereocenters. The van der Waals surface area contributed by atoms with Gasteiger partial charge in [0.2, 0.25) is 0 Å². The monoisotopic (exact) mass is 322 g/mol. The van der Waals surface area contributed by atoms with E-state index in [1.165, 1.54) is 19.2 Å². The number of halogens is 3. The molecule has 2 aromatic carbocycles. The maximum Gasteiger partial charge on any atom is 0.416 e. The maximum atomic E-state index is 12.6. The molecule has 0 atom stereocenters. The molecule has 2 rings (SSSR count). The van der Waals surface area contributed by atoms with Gasteiger partial charge in [0.25, 0.3) is 0 Å². The average molecular weight is 322 g/mol. The predicted molar refractivity (Wildman–Crippen MR) is 78.0 cm³/mol. The highest BCUT2D eigenvalue weighted by atomic mass is 19.4. The SMILES string of the molecule is COC(=O)Cc1cccc(-c2ccc(C(F)(F)F)cc2)c1C=O. The first-order chi connectivity index (χ1) is 10.9. The molecule has 0 saturated carbocycles. The van der Waals surface area contributed by atoms with Gasteiger partial charge in [0.1, 0.15) is 0 Å². The van der Waals surface area contributed by atoms with Crippen molar-refractivity contribution >= 4 is 12.3 Å². The third-order valence-corrected chi connectivity index (χ3v) is 3.40. The molecule has 0 fully saturated rings. The Balaban J connectivity index is 2.45. The van der Waals surface area contributed by atoms with Crippen molar-refractivity contribution < 1.29 is 27.5 Å². The first kappa shape index (κ1) is 16.7. The third-order valence-electron chi connectivity index (χ3n) is 3.40. The lowest BCUT2D eigenvalue weighted by atomic mass is 9.94. The fraction of sp³-hybridized carbons (Fsp3) is 0.176. The normalized spacial score (nSPS) is 11.1. The van der Waals surface area contributed by atoms with E-state index in [1.807, 2.05) is 0 Å². The number of carbonyl (C=O) groups is 2. The zero-order valence-corrected chi connectivity index (χ0v) is 12.2. The van der Waals surface area contributed by atoms with E-state index in [4.69, 9.17) is 0 Å². The first-order valence-corrected chi connectivity index (χ1v) is 6.68. The van der Waals surface area contributed by atoms with Crippen LogP contribution in [0.15, 0.2) is 42.5 Å². The molecule has 0 radical (unpaired) electrons. The minimum Gasteiger partial charge on any atom is -0.469 e. The van der Waals surface area contributed by atoms with Gasteiger partial charge in [-0.2, -0.15) is 13.2 Å². The van der Waals surface area contributed by atoms with E-state index in [9.17, 15) is 22.8 Å². The number of hydrogen-bond acceptors (Lipinski definition) is 3. The molecule has 6 heteroatoms. The van der Waals surface area contributed by atoms with Crippen molar-refractivity contribution in [3.05, 3.63) is 59.2 Å². The van der Waals surface area contributed by atoms with Crippen LogP contribution in [0.3, 0.4) is 0 Å². The fourth-order valence-corrected chi connectivity index (χ4v) is 2.22. The Morgan fingerprint density at radius 3 is 2.30 bits per heavy atom. The van der Waals surface area contributed by atoms with Crippen LogP contribution in [0.1, 0.15) is 21.5 Å². The van der Waals surface area contributed by atoms with Gasteiger partial charge in [0, 0.05) is 5.56 Å². The molecule has 23 heavy (non-hydrogen) atoms. The van der Waals surface area contributed by atoms with Gasteiger partial charge in [-0.15, -0.1) is 0 Å². The van der Waals surface area contributed by atoms with Crippen molar-refractivity contribution in [1.29, 1.82) is 0 Å². The van der Waals surface area contributed by atoms with Gasteiger partial charge in [-0.25, -0.2) is 0 Å². The summed E-state index contributed by atoms with van der Waals surface area (Å²) in [6, 6.07) is 9.37. The summed E-state index contributed by atoms with van der Waals surface area (Å²) >= 11 is 0. The van der Waals surface area contributed by atoms with Crippen LogP contribution in [0.5, 0.6) is 0 Å². The summed E-state index contributed by atoms with van der Waals surface area (Å²) in [4.78, 5) is 22.8. The number of ether oxygens (including phenoxy) is 1. The van der Waals surface area contributed by atoms with Crippen LogP contribution < -0.4 is 0 Å². The van der Waals surface area contributed by atoms with E-state index in [-0.39, 0.29) is 12.0 Å². The maximum absolute atomic E-state index is 12.6. The smallest absolute Gasteiger partial charge is 0.416 e. The van der Waals surface area contributed by atoms with Crippen molar-refractivity contribution in [3.8, 4) is 11.1 Å². The lowest BCUT2D eigenvalue weighted by Crippen LogP contribution is -2.07. The molecular formula is C17H13F3O3. The van der Waals surface area contributed by atoms with Crippen LogP contribution in [-0.4, -0.2) is 19.4 Å². The standard InChI is InChI=1S/C17H13F3O3/c1-23-16(22)9-12-3-2-4-14(15(12)10-21)11-5-7-13(8-6-11)17(18,19)20/h2-8,10H,9H2,1H3. The number of benzene rings is 2. The van der Waals surface area contributed by atoms with Crippen molar-refractivity contribution in [1.82, 2.24) is 0 Å². The van der Waals surface area contributed by atoms with E-state index >= 15 is 0 Å². The van der Waals surface area contributed by atoms with Crippen molar-refractivity contribution in [2.45, 2.75) is 12.6 Å². The topological polar surface area (TPSA) is 43.4 Å². The van der Waals surface area contributed by atoms with E-state index in [0.717, 1.165) is 12.1 Å². The lowest BCUT2D eigenvalue weighted by molar-refractivity contribution is -0.140. The molecule has 0 heterocycles. The molecule has 0 aromatic heterocycles. The first-order valence-electron chi connectivity index (χ1n) is 6.68. The molecule has 0 N–H and O–H groups in total. The molecule has 3 nitrogen and oxygen atoms in total. The lowest BCUT2D eigenvalue weighted by Gasteiger charge is -2.11. The van der Waals surface area contributed by atoms with Crippen molar-refractivity contribution in [2.24, 2.45) is 0 Å². The van der Waals surface area contributed by atoms with Crippen LogP contribution >= 0.6 is 0 Å². The number of methoxy groups -OCH3 is 1. The molecule has 2 aromatic rings. The van der Waals surface area contributed by atoms with Gasteiger partial charge in [0.05, 0.1) is 19.1 Å². The number of aldehydes is 1. The predicted octanol–water partition coefficient (Wildman–Crippen LogP) is 3.90. The molecule has 0 aliphatic carbocycles. The Morgan fingerprint density at radius 2 is 1.78 bits per heavy atom. The number of esters is 1. The third kappa shape index (κ3) is 3.77. The molecular weight excluding hydrogens is 309 g/mol.